The number of benzene rings is 1. The Bertz CT molecular complexity index is 644. The summed E-state index contributed by atoms with van der Waals surface area (Å²) in [4.78, 5) is 35.2. The van der Waals surface area contributed by atoms with Crippen molar-refractivity contribution in [1.82, 2.24) is 10.2 Å². The molecule has 1 aromatic carbocycles. The monoisotopic (exact) mass is 337 g/mol. The van der Waals surface area contributed by atoms with Crippen molar-refractivity contribution in [3.63, 3.8) is 0 Å². The quantitative estimate of drug-likeness (QED) is 0.553. The van der Waals surface area contributed by atoms with Crippen LogP contribution in [0.5, 0.6) is 11.5 Å². The van der Waals surface area contributed by atoms with Crippen molar-refractivity contribution in [2.45, 2.75) is 18.9 Å². The Hall–Kier alpha value is -2.84. The molecule has 2 rings (SSSR count). The van der Waals surface area contributed by atoms with Gasteiger partial charge < -0.3 is 19.7 Å². The summed E-state index contributed by atoms with van der Waals surface area (Å²) >= 11 is 0. The zero-order valence-electron chi connectivity index (χ0n) is 13.5. The molecule has 9 heteroatoms. The van der Waals surface area contributed by atoms with Crippen LogP contribution >= 0.6 is 0 Å². The van der Waals surface area contributed by atoms with E-state index < -0.39 is 10.8 Å². The Balaban J connectivity index is 1.91. The van der Waals surface area contributed by atoms with E-state index >= 15 is 0 Å². The Labute approximate surface area is 138 Å². The van der Waals surface area contributed by atoms with Gasteiger partial charge in [-0.25, -0.2) is 0 Å². The molecule has 1 N–H and O–H groups in total. The molecule has 1 aliphatic rings. The SMILES string of the molecule is COc1ccc([N+](=O)[O-])cc1OCC(=O)N(C)CC(=O)NC1CC1. The molecule has 0 aromatic heterocycles. The van der Waals surface area contributed by atoms with Crippen molar-refractivity contribution in [2.75, 3.05) is 27.3 Å². The highest BCUT2D eigenvalue weighted by Crippen LogP contribution is 2.31. The number of ether oxygens (including phenoxy) is 2. The largest absolute Gasteiger partial charge is 0.493 e. The van der Waals surface area contributed by atoms with Crippen molar-refractivity contribution < 1.29 is 24.0 Å². The van der Waals surface area contributed by atoms with Gasteiger partial charge in [0.15, 0.2) is 18.1 Å². The summed E-state index contributed by atoms with van der Waals surface area (Å²) in [6.45, 7) is -0.421. The molecule has 1 saturated carbocycles. The van der Waals surface area contributed by atoms with Gasteiger partial charge in [-0.1, -0.05) is 0 Å². The lowest BCUT2D eigenvalue weighted by Gasteiger charge is -2.17. The van der Waals surface area contributed by atoms with Gasteiger partial charge in [0.25, 0.3) is 11.6 Å². The Morgan fingerprint density at radius 3 is 2.67 bits per heavy atom. The van der Waals surface area contributed by atoms with Crippen LogP contribution in [0.25, 0.3) is 0 Å². The molecular weight excluding hydrogens is 318 g/mol. The zero-order valence-corrected chi connectivity index (χ0v) is 13.5. The van der Waals surface area contributed by atoms with Gasteiger partial charge in [0, 0.05) is 19.2 Å². The second-order valence-corrected chi connectivity index (χ2v) is 5.47. The number of methoxy groups -OCH3 is 1. The fraction of sp³-hybridized carbons (Fsp3) is 0.467. The molecule has 1 aromatic rings. The maximum atomic E-state index is 12.0. The minimum absolute atomic E-state index is 0.0647. The van der Waals surface area contributed by atoms with E-state index in [2.05, 4.69) is 5.32 Å². The molecule has 0 heterocycles. The van der Waals surface area contributed by atoms with E-state index in [0.29, 0.717) is 0 Å². The predicted octanol–water partition coefficient (Wildman–Crippen LogP) is 0.719. The summed E-state index contributed by atoms with van der Waals surface area (Å²) in [6.07, 6.45) is 1.94. The Morgan fingerprint density at radius 1 is 1.38 bits per heavy atom. The summed E-state index contributed by atoms with van der Waals surface area (Å²) < 4.78 is 10.4. The van der Waals surface area contributed by atoms with Crippen molar-refractivity contribution in [3.05, 3.63) is 28.3 Å². The molecule has 0 unspecified atom stereocenters. The average Bonchev–Trinajstić information content (AvgIpc) is 3.35. The number of nitro benzene ring substituents is 1. The lowest BCUT2D eigenvalue weighted by molar-refractivity contribution is -0.385. The smallest absolute Gasteiger partial charge is 0.273 e. The number of nitrogens with zero attached hydrogens (tertiary/aromatic N) is 2. The first-order valence-corrected chi connectivity index (χ1v) is 7.39. The van der Waals surface area contributed by atoms with Crippen molar-refractivity contribution in [1.29, 1.82) is 0 Å². The third kappa shape index (κ3) is 4.83. The molecule has 0 atom stereocenters. The number of non-ortho nitro benzene ring substituents is 1. The highest BCUT2D eigenvalue weighted by molar-refractivity contribution is 5.85. The number of likely N-dealkylation sites (N-methyl/N-ethyl adjacent to an activating group) is 1. The first-order valence-electron chi connectivity index (χ1n) is 7.39. The zero-order chi connectivity index (χ0) is 17.7. The minimum Gasteiger partial charge on any atom is -0.493 e. The van der Waals surface area contributed by atoms with Crippen LogP contribution in [0.3, 0.4) is 0 Å². The number of amides is 2. The molecule has 0 spiro atoms. The predicted molar refractivity (Wildman–Crippen MR) is 83.9 cm³/mol. The molecule has 1 fully saturated rings. The molecule has 0 aliphatic heterocycles. The summed E-state index contributed by atoms with van der Waals surface area (Å²) in [6, 6.07) is 4.09. The van der Waals surface area contributed by atoms with Crippen LogP contribution in [0.2, 0.25) is 0 Å². The van der Waals surface area contributed by atoms with Crippen LogP contribution in [0.15, 0.2) is 18.2 Å². The summed E-state index contributed by atoms with van der Waals surface area (Å²) in [5.74, 6) is -0.269. The van der Waals surface area contributed by atoms with Crippen molar-refractivity contribution in [2.24, 2.45) is 0 Å². The molecule has 9 nitrogen and oxygen atoms in total. The summed E-state index contributed by atoms with van der Waals surface area (Å²) in [7, 11) is 2.88. The van der Waals surface area contributed by atoms with E-state index in [4.69, 9.17) is 9.47 Å². The van der Waals surface area contributed by atoms with E-state index in [9.17, 15) is 19.7 Å². The fourth-order valence-corrected chi connectivity index (χ4v) is 1.95. The topological polar surface area (TPSA) is 111 Å². The van der Waals surface area contributed by atoms with Gasteiger partial charge in [0.05, 0.1) is 24.6 Å². The number of rotatable bonds is 8. The standard InChI is InChI=1S/C15H19N3O6/c1-17(8-14(19)16-10-3-4-10)15(20)9-24-13-7-11(18(21)22)5-6-12(13)23-2/h5-7,10H,3-4,8-9H2,1-2H3,(H,16,19). The van der Waals surface area contributed by atoms with Gasteiger partial charge >= 0.3 is 0 Å². The second kappa shape index (κ2) is 7.62. The number of nitrogens with one attached hydrogen (secondary N) is 1. The van der Waals surface area contributed by atoms with E-state index in [-0.39, 0.29) is 42.3 Å². The second-order valence-electron chi connectivity index (χ2n) is 5.47. The van der Waals surface area contributed by atoms with Gasteiger partial charge in [-0.05, 0) is 18.9 Å². The van der Waals surface area contributed by atoms with Crippen LogP contribution < -0.4 is 14.8 Å². The molecule has 0 bridgehead atoms. The average molecular weight is 337 g/mol. The number of hydrogen-bond donors (Lipinski definition) is 1. The normalized spacial score (nSPS) is 13.1. The summed E-state index contributed by atoms with van der Waals surface area (Å²) in [5, 5.41) is 13.6. The van der Waals surface area contributed by atoms with E-state index in [1.165, 1.54) is 37.3 Å². The van der Waals surface area contributed by atoms with Gasteiger partial charge in [-0.15, -0.1) is 0 Å². The van der Waals surface area contributed by atoms with E-state index in [0.717, 1.165) is 12.8 Å². The minimum atomic E-state index is -0.567. The van der Waals surface area contributed by atoms with E-state index in [1.807, 2.05) is 0 Å². The number of carbonyl (C=O) groups is 2. The lowest BCUT2D eigenvalue weighted by Crippen LogP contribution is -2.40. The summed E-state index contributed by atoms with van der Waals surface area (Å²) in [5.41, 5.74) is -0.171. The Morgan fingerprint density at radius 2 is 2.08 bits per heavy atom. The Kier molecular flexibility index (Phi) is 5.56. The van der Waals surface area contributed by atoms with Crippen molar-refractivity contribution in [3.8, 4) is 11.5 Å². The van der Waals surface area contributed by atoms with Crippen LogP contribution in [0.4, 0.5) is 5.69 Å². The van der Waals surface area contributed by atoms with Gasteiger partial charge in [-0.3, -0.25) is 19.7 Å². The van der Waals surface area contributed by atoms with Gasteiger partial charge in [-0.2, -0.15) is 0 Å². The lowest BCUT2D eigenvalue weighted by atomic mass is 10.3. The highest BCUT2D eigenvalue weighted by Gasteiger charge is 2.24. The van der Waals surface area contributed by atoms with Gasteiger partial charge in [0.2, 0.25) is 5.91 Å². The third-order valence-corrected chi connectivity index (χ3v) is 3.46. The molecule has 0 radical (unpaired) electrons. The molecule has 1 aliphatic carbocycles. The fourth-order valence-electron chi connectivity index (χ4n) is 1.95. The van der Waals surface area contributed by atoms with Crippen LogP contribution in [-0.2, 0) is 9.59 Å². The molecule has 130 valence electrons. The molecule has 0 saturated heterocycles. The molecular formula is C15H19N3O6. The van der Waals surface area contributed by atoms with E-state index in [1.54, 1.807) is 0 Å². The number of nitro groups is 1. The number of hydrogen-bond acceptors (Lipinski definition) is 6. The highest BCUT2D eigenvalue weighted by atomic mass is 16.6. The molecule has 2 amide bonds. The van der Waals surface area contributed by atoms with Crippen LogP contribution in [0.1, 0.15) is 12.8 Å². The third-order valence-electron chi connectivity index (χ3n) is 3.46. The first kappa shape index (κ1) is 17.5. The molecule has 24 heavy (non-hydrogen) atoms. The number of carbonyl (C=O) groups excluding carboxylic acids is 2. The van der Waals surface area contributed by atoms with Crippen LogP contribution in [-0.4, -0.2) is 55.0 Å². The van der Waals surface area contributed by atoms with Crippen molar-refractivity contribution >= 4 is 17.5 Å². The van der Waals surface area contributed by atoms with Crippen LogP contribution in [0, 0.1) is 10.1 Å². The maximum absolute atomic E-state index is 12.0. The van der Waals surface area contributed by atoms with Gasteiger partial charge in [0.1, 0.15) is 0 Å². The first-order chi connectivity index (χ1) is 11.4. The maximum Gasteiger partial charge on any atom is 0.273 e.